The zero-order valence-corrected chi connectivity index (χ0v) is 12.7. The fraction of sp³-hybridized carbons (Fsp3) is 0.588. The zero-order valence-electron chi connectivity index (χ0n) is 12.7. The molecule has 3 heteroatoms. The van der Waals surface area contributed by atoms with E-state index in [9.17, 15) is 4.79 Å². The van der Waals surface area contributed by atoms with Crippen LogP contribution in [0.25, 0.3) is 0 Å². The second-order valence-corrected chi connectivity index (χ2v) is 6.29. The number of amides is 1. The van der Waals surface area contributed by atoms with Crippen molar-refractivity contribution >= 4 is 5.91 Å². The Labute approximate surface area is 122 Å². The minimum absolute atomic E-state index is 0.0451. The molecule has 0 aliphatic carbocycles. The molecule has 0 spiro atoms. The van der Waals surface area contributed by atoms with Crippen LogP contribution in [0.2, 0.25) is 0 Å². The van der Waals surface area contributed by atoms with Gasteiger partial charge in [-0.15, -0.1) is 0 Å². The van der Waals surface area contributed by atoms with Gasteiger partial charge in [0.2, 0.25) is 5.91 Å². The van der Waals surface area contributed by atoms with E-state index in [-0.39, 0.29) is 11.3 Å². The first-order valence-electron chi connectivity index (χ1n) is 7.64. The highest BCUT2D eigenvalue weighted by Gasteiger charge is 2.21. The van der Waals surface area contributed by atoms with Gasteiger partial charge in [0, 0.05) is 25.0 Å². The number of nitrogens with zero attached hydrogens (tertiary/aromatic N) is 1. The number of carbonyl (C=O) groups excluding carboxylic acids is 1. The van der Waals surface area contributed by atoms with Gasteiger partial charge in [-0.25, -0.2) is 0 Å². The third-order valence-corrected chi connectivity index (χ3v) is 4.11. The average Bonchev–Trinajstić information content (AvgIpc) is 2.49. The van der Waals surface area contributed by atoms with Crippen LogP contribution in [0.5, 0.6) is 0 Å². The number of carbonyl (C=O) groups is 1. The van der Waals surface area contributed by atoms with Crippen molar-refractivity contribution < 1.29 is 4.79 Å². The van der Waals surface area contributed by atoms with Gasteiger partial charge in [-0.2, -0.15) is 0 Å². The molecule has 1 N–H and O–H groups in total. The van der Waals surface area contributed by atoms with Crippen molar-refractivity contribution in [2.24, 2.45) is 0 Å². The highest BCUT2D eigenvalue weighted by atomic mass is 16.2. The van der Waals surface area contributed by atoms with Crippen LogP contribution in [0, 0.1) is 0 Å². The lowest BCUT2D eigenvalue weighted by Crippen LogP contribution is -2.43. The summed E-state index contributed by atoms with van der Waals surface area (Å²) in [4.78, 5) is 14.1. The van der Waals surface area contributed by atoms with E-state index in [1.165, 1.54) is 12.0 Å². The number of hydrogen-bond acceptors (Lipinski definition) is 2. The smallest absolute Gasteiger partial charge is 0.236 e. The van der Waals surface area contributed by atoms with E-state index in [1.807, 2.05) is 11.0 Å². The summed E-state index contributed by atoms with van der Waals surface area (Å²) in [5.74, 6) is 0.244. The van der Waals surface area contributed by atoms with Crippen molar-refractivity contribution in [2.75, 3.05) is 26.2 Å². The molecule has 1 aliphatic heterocycles. The Hall–Kier alpha value is -1.35. The molecule has 0 atom stereocenters. The molecule has 0 unspecified atom stereocenters. The largest absolute Gasteiger partial charge is 0.342 e. The van der Waals surface area contributed by atoms with Gasteiger partial charge in [-0.3, -0.25) is 4.79 Å². The Balaban J connectivity index is 1.78. The Morgan fingerprint density at radius 3 is 2.45 bits per heavy atom. The highest BCUT2D eigenvalue weighted by Crippen LogP contribution is 2.21. The minimum Gasteiger partial charge on any atom is -0.342 e. The van der Waals surface area contributed by atoms with Crippen LogP contribution >= 0.6 is 0 Å². The standard InChI is InChI=1S/C17H26N2O/c1-17(2,15-9-5-3-6-10-15)14-18-13-16(20)19-11-7-4-8-12-19/h3,5-6,9-10,18H,4,7-8,11-14H2,1-2H3. The first kappa shape index (κ1) is 15.0. The molecule has 1 saturated heterocycles. The molecule has 20 heavy (non-hydrogen) atoms. The van der Waals surface area contributed by atoms with Gasteiger partial charge in [-0.1, -0.05) is 44.2 Å². The molecule has 0 saturated carbocycles. The Morgan fingerprint density at radius 1 is 1.15 bits per heavy atom. The highest BCUT2D eigenvalue weighted by molar-refractivity contribution is 5.78. The summed E-state index contributed by atoms with van der Waals surface area (Å²) >= 11 is 0. The quantitative estimate of drug-likeness (QED) is 0.895. The fourth-order valence-corrected chi connectivity index (χ4v) is 2.73. The second-order valence-electron chi connectivity index (χ2n) is 6.29. The van der Waals surface area contributed by atoms with Crippen molar-refractivity contribution in [3.63, 3.8) is 0 Å². The molecule has 2 rings (SSSR count). The number of rotatable bonds is 5. The van der Waals surface area contributed by atoms with Crippen molar-refractivity contribution in [1.82, 2.24) is 10.2 Å². The maximum atomic E-state index is 12.1. The van der Waals surface area contributed by atoms with Crippen LogP contribution < -0.4 is 5.32 Å². The lowest BCUT2D eigenvalue weighted by atomic mass is 9.84. The molecule has 0 radical (unpaired) electrons. The molecular weight excluding hydrogens is 248 g/mol. The van der Waals surface area contributed by atoms with Crippen LogP contribution in [0.4, 0.5) is 0 Å². The van der Waals surface area contributed by atoms with E-state index in [1.54, 1.807) is 0 Å². The van der Waals surface area contributed by atoms with Gasteiger partial charge in [0.25, 0.3) is 0 Å². The predicted molar refractivity (Wildman–Crippen MR) is 82.8 cm³/mol. The lowest BCUT2D eigenvalue weighted by Gasteiger charge is -2.29. The third-order valence-electron chi connectivity index (χ3n) is 4.11. The zero-order chi connectivity index (χ0) is 14.4. The predicted octanol–water partition coefficient (Wildman–Crippen LogP) is 2.57. The number of nitrogens with one attached hydrogen (secondary N) is 1. The summed E-state index contributed by atoms with van der Waals surface area (Å²) in [6.07, 6.45) is 3.57. The topological polar surface area (TPSA) is 32.3 Å². The maximum absolute atomic E-state index is 12.1. The summed E-state index contributed by atoms with van der Waals surface area (Å²) in [6.45, 7) is 7.56. The van der Waals surface area contributed by atoms with Crippen LogP contribution in [-0.2, 0) is 10.2 Å². The van der Waals surface area contributed by atoms with Gasteiger partial charge < -0.3 is 10.2 Å². The summed E-state index contributed by atoms with van der Waals surface area (Å²) in [5, 5.41) is 3.33. The molecule has 1 aromatic carbocycles. The molecular formula is C17H26N2O. The van der Waals surface area contributed by atoms with Crippen LogP contribution in [0.3, 0.4) is 0 Å². The molecule has 0 aromatic heterocycles. The normalized spacial score (nSPS) is 16.2. The van der Waals surface area contributed by atoms with Crippen molar-refractivity contribution in [3.8, 4) is 0 Å². The van der Waals surface area contributed by atoms with Crippen molar-refractivity contribution in [2.45, 2.75) is 38.5 Å². The molecule has 3 nitrogen and oxygen atoms in total. The molecule has 1 heterocycles. The Morgan fingerprint density at radius 2 is 1.80 bits per heavy atom. The lowest BCUT2D eigenvalue weighted by molar-refractivity contribution is -0.131. The van der Waals surface area contributed by atoms with Gasteiger partial charge in [0.1, 0.15) is 0 Å². The molecule has 1 aliphatic rings. The van der Waals surface area contributed by atoms with Crippen molar-refractivity contribution in [1.29, 1.82) is 0 Å². The summed E-state index contributed by atoms with van der Waals surface area (Å²) < 4.78 is 0. The first-order chi connectivity index (χ1) is 9.59. The summed E-state index contributed by atoms with van der Waals surface area (Å²) in [6, 6.07) is 10.5. The Bertz CT molecular complexity index is 422. The molecule has 0 bridgehead atoms. The first-order valence-corrected chi connectivity index (χ1v) is 7.64. The molecule has 1 aromatic rings. The van der Waals surface area contributed by atoms with E-state index in [0.29, 0.717) is 6.54 Å². The molecule has 1 fully saturated rings. The van der Waals surface area contributed by atoms with Crippen LogP contribution in [-0.4, -0.2) is 37.0 Å². The van der Waals surface area contributed by atoms with E-state index < -0.39 is 0 Å². The van der Waals surface area contributed by atoms with Crippen LogP contribution in [0.15, 0.2) is 30.3 Å². The molecule has 110 valence electrons. The molecule has 1 amide bonds. The maximum Gasteiger partial charge on any atom is 0.236 e. The Kier molecular flexibility index (Phi) is 5.18. The fourth-order valence-electron chi connectivity index (χ4n) is 2.73. The van der Waals surface area contributed by atoms with Gasteiger partial charge in [-0.05, 0) is 24.8 Å². The number of piperidine rings is 1. The number of hydrogen-bond donors (Lipinski definition) is 1. The summed E-state index contributed by atoms with van der Waals surface area (Å²) in [7, 11) is 0. The number of likely N-dealkylation sites (tertiary alicyclic amines) is 1. The van der Waals surface area contributed by atoms with Crippen molar-refractivity contribution in [3.05, 3.63) is 35.9 Å². The van der Waals surface area contributed by atoms with E-state index in [2.05, 4.69) is 43.4 Å². The average molecular weight is 274 g/mol. The third kappa shape index (κ3) is 4.07. The number of benzene rings is 1. The van der Waals surface area contributed by atoms with Gasteiger partial charge >= 0.3 is 0 Å². The minimum atomic E-state index is 0.0451. The summed E-state index contributed by atoms with van der Waals surface area (Å²) in [5.41, 5.74) is 1.35. The monoisotopic (exact) mass is 274 g/mol. The van der Waals surface area contributed by atoms with E-state index in [0.717, 1.165) is 32.5 Å². The van der Waals surface area contributed by atoms with E-state index in [4.69, 9.17) is 0 Å². The van der Waals surface area contributed by atoms with Crippen LogP contribution in [0.1, 0.15) is 38.7 Å². The SMILES string of the molecule is CC(C)(CNCC(=O)N1CCCCC1)c1ccccc1. The second kappa shape index (κ2) is 6.89. The van der Waals surface area contributed by atoms with E-state index >= 15 is 0 Å². The van der Waals surface area contributed by atoms with Gasteiger partial charge in [0.15, 0.2) is 0 Å². The van der Waals surface area contributed by atoms with Gasteiger partial charge in [0.05, 0.1) is 6.54 Å².